The molecule has 1 amide bonds. The lowest BCUT2D eigenvalue weighted by Crippen LogP contribution is -2.35. The zero-order valence-corrected chi connectivity index (χ0v) is 12.5. The van der Waals surface area contributed by atoms with Gasteiger partial charge in [0, 0.05) is 18.6 Å². The van der Waals surface area contributed by atoms with Crippen LogP contribution in [-0.4, -0.2) is 31.0 Å². The highest BCUT2D eigenvalue weighted by Gasteiger charge is 2.17. The molecule has 1 unspecified atom stereocenters. The molecule has 0 aliphatic rings. The Bertz CT molecular complexity index is 406. The van der Waals surface area contributed by atoms with E-state index in [1.165, 1.54) is 4.90 Å². The molecule has 1 rings (SSSR count). The molecule has 94 valence electrons. The maximum atomic E-state index is 11.7. The van der Waals surface area contributed by atoms with E-state index < -0.39 is 6.10 Å². The topological polar surface area (TPSA) is 29.5 Å². The first kappa shape index (κ1) is 14.0. The maximum Gasteiger partial charge on any atom is 0.262 e. The van der Waals surface area contributed by atoms with Gasteiger partial charge in [-0.15, -0.1) is 0 Å². The molecule has 0 heterocycles. The van der Waals surface area contributed by atoms with Crippen LogP contribution in [-0.2, 0) is 4.79 Å². The van der Waals surface area contributed by atoms with E-state index in [-0.39, 0.29) is 5.91 Å². The smallest absolute Gasteiger partial charge is 0.262 e. The molecule has 0 fully saturated rings. The molecule has 0 radical (unpaired) electrons. The second kappa shape index (κ2) is 5.54. The zero-order chi connectivity index (χ0) is 13.2. The number of benzene rings is 1. The molecular weight excluding hydrogens is 282 g/mol. The van der Waals surface area contributed by atoms with Gasteiger partial charge in [0.1, 0.15) is 5.75 Å². The highest BCUT2D eigenvalue weighted by molar-refractivity contribution is 9.10. The fourth-order valence-electron chi connectivity index (χ4n) is 1.59. The van der Waals surface area contributed by atoms with E-state index in [9.17, 15) is 4.79 Å². The van der Waals surface area contributed by atoms with Gasteiger partial charge in [-0.3, -0.25) is 4.79 Å². The Balaban J connectivity index is 2.86. The zero-order valence-electron chi connectivity index (χ0n) is 10.9. The van der Waals surface area contributed by atoms with E-state index in [0.29, 0.717) is 0 Å². The van der Waals surface area contributed by atoms with Crippen molar-refractivity contribution in [1.29, 1.82) is 0 Å². The van der Waals surface area contributed by atoms with Gasteiger partial charge in [-0.1, -0.05) is 15.9 Å². The average molecular weight is 300 g/mol. The summed E-state index contributed by atoms with van der Waals surface area (Å²) in [6.45, 7) is 5.76. The van der Waals surface area contributed by atoms with Gasteiger partial charge < -0.3 is 9.64 Å². The Morgan fingerprint density at radius 3 is 2.18 bits per heavy atom. The molecule has 3 nitrogen and oxygen atoms in total. The molecule has 0 saturated heterocycles. The van der Waals surface area contributed by atoms with Crippen LogP contribution in [0.2, 0.25) is 0 Å². The first-order valence-electron chi connectivity index (χ1n) is 5.47. The summed E-state index contributed by atoms with van der Waals surface area (Å²) < 4.78 is 6.72. The van der Waals surface area contributed by atoms with E-state index in [1.54, 1.807) is 21.0 Å². The number of rotatable bonds is 3. The van der Waals surface area contributed by atoms with Crippen LogP contribution in [0.25, 0.3) is 0 Å². The summed E-state index contributed by atoms with van der Waals surface area (Å²) in [5.74, 6) is 0.689. The summed E-state index contributed by atoms with van der Waals surface area (Å²) in [4.78, 5) is 13.2. The van der Waals surface area contributed by atoms with Crippen molar-refractivity contribution in [1.82, 2.24) is 4.90 Å². The third kappa shape index (κ3) is 3.46. The van der Waals surface area contributed by atoms with Crippen LogP contribution < -0.4 is 4.74 Å². The van der Waals surface area contributed by atoms with Crippen molar-refractivity contribution in [2.75, 3.05) is 14.1 Å². The fraction of sp³-hybridized carbons (Fsp3) is 0.462. The van der Waals surface area contributed by atoms with Gasteiger partial charge in [0.2, 0.25) is 0 Å². The molecule has 1 aromatic carbocycles. The third-order valence-corrected chi connectivity index (χ3v) is 3.76. The minimum atomic E-state index is -0.468. The van der Waals surface area contributed by atoms with Gasteiger partial charge in [0.15, 0.2) is 6.10 Å². The molecular formula is C13H18BrNO2. The van der Waals surface area contributed by atoms with Crippen LogP contribution in [0.5, 0.6) is 5.75 Å². The number of carbonyl (C=O) groups excluding carboxylic acids is 1. The number of amides is 1. The minimum Gasteiger partial charge on any atom is -0.481 e. The van der Waals surface area contributed by atoms with Crippen molar-refractivity contribution in [3.63, 3.8) is 0 Å². The van der Waals surface area contributed by atoms with E-state index in [0.717, 1.165) is 21.3 Å². The van der Waals surface area contributed by atoms with Crippen molar-refractivity contribution in [2.45, 2.75) is 26.9 Å². The number of aryl methyl sites for hydroxylation is 2. The number of hydrogen-bond donors (Lipinski definition) is 0. The molecule has 4 heteroatoms. The van der Waals surface area contributed by atoms with Crippen LogP contribution in [0.1, 0.15) is 18.1 Å². The summed E-state index contributed by atoms with van der Waals surface area (Å²) in [5, 5.41) is 0. The second-order valence-corrected chi connectivity index (χ2v) is 5.16. The van der Waals surface area contributed by atoms with Gasteiger partial charge in [-0.25, -0.2) is 0 Å². The summed E-state index contributed by atoms with van der Waals surface area (Å²) >= 11 is 3.50. The standard InChI is InChI=1S/C13H18BrNO2/c1-8-6-11(7-9(2)12(8)14)17-10(3)13(16)15(4)5/h6-7,10H,1-5H3. The molecule has 1 aromatic rings. The summed E-state index contributed by atoms with van der Waals surface area (Å²) in [6.07, 6.45) is -0.468. The average Bonchev–Trinajstić information content (AvgIpc) is 2.24. The lowest BCUT2D eigenvalue weighted by atomic mass is 10.1. The monoisotopic (exact) mass is 299 g/mol. The highest BCUT2D eigenvalue weighted by Crippen LogP contribution is 2.26. The van der Waals surface area contributed by atoms with Gasteiger partial charge in [-0.2, -0.15) is 0 Å². The predicted molar refractivity (Wildman–Crippen MR) is 72.4 cm³/mol. The van der Waals surface area contributed by atoms with Crippen molar-refractivity contribution in [3.05, 3.63) is 27.7 Å². The summed E-state index contributed by atoms with van der Waals surface area (Å²) in [6, 6.07) is 3.85. The van der Waals surface area contributed by atoms with Crippen molar-refractivity contribution < 1.29 is 9.53 Å². The Morgan fingerprint density at radius 1 is 1.29 bits per heavy atom. The molecule has 0 aliphatic heterocycles. The third-order valence-electron chi connectivity index (χ3n) is 2.51. The highest BCUT2D eigenvalue weighted by atomic mass is 79.9. The van der Waals surface area contributed by atoms with E-state index in [2.05, 4.69) is 15.9 Å². The molecule has 0 aliphatic carbocycles. The van der Waals surface area contributed by atoms with Crippen LogP contribution in [0.15, 0.2) is 16.6 Å². The molecule has 0 saturated carbocycles. The van der Waals surface area contributed by atoms with Crippen LogP contribution in [0.3, 0.4) is 0 Å². The van der Waals surface area contributed by atoms with Crippen molar-refractivity contribution in [3.8, 4) is 5.75 Å². The number of ether oxygens (including phenoxy) is 1. The first-order valence-corrected chi connectivity index (χ1v) is 6.26. The van der Waals surface area contributed by atoms with Crippen molar-refractivity contribution in [2.24, 2.45) is 0 Å². The van der Waals surface area contributed by atoms with Crippen LogP contribution >= 0.6 is 15.9 Å². The number of hydrogen-bond acceptors (Lipinski definition) is 2. The number of halogens is 1. The Hall–Kier alpha value is -1.03. The minimum absolute atomic E-state index is 0.0387. The maximum absolute atomic E-state index is 11.7. The van der Waals surface area contributed by atoms with Crippen molar-refractivity contribution >= 4 is 21.8 Å². The SMILES string of the molecule is Cc1cc(OC(C)C(=O)N(C)C)cc(C)c1Br. The largest absolute Gasteiger partial charge is 0.481 e. The number of likely N-dealkylation sites (N-methyl/N-ethyl adjacent to an activating group) is 1. The van der Waals surface area contributed by atoms with Gasteiger partial charge in [0.25, 0.3) is 5.91 Å². The fourth-order valence-corrected chi connectivity index (χ4v) is 1.82. The van der Waals surface area contributed by atoms with E-state index in [1.807, 2.05) is 26.0 Å². The molecule has 0 spiro atoms. The van der Waals surface area contributed by atoms with Crippen LogP contribution in [0, 0.1) is 13.8 Å². The number of nitrogens with zero attached hydrogens (tertiary/aromatic N) is 1. The first-order chi connectivity index (χ1) is 7.82. The normalized spacial score (nSPS) is 12.1. The van der Waals surface area contributed by atoms with Gasteiger partial charge >= 0.3 is 0 Å². The lowest BCUT2D eigenvalue weighted by molar-refractivity contribution is -0.135. The summed E-state index contributed by atoms with van der Waals surface area (Å²) in [7, 11) is 3.44. The predicted octanol–water partition coefficient (Wildman–Crippen LogP) is 2.92. The second-order valence-electron chi connectivity index (χ2n) is 4.36. The number of carbonyl (C=O) groups is 1. The van der Waals surface area contributed by atoms with Gasteiger partial charge in [0.05, 0.1) is 0 Å². The summed E-state index contributed by atoms with van der Waals surface area (Å²) in [5.41, 5.74) is 2.20. The van der Waals surface area contributed by atoms with Gasteiger partial charge in [-0.05, 0) is 44.0 Å². The quantitative estimate of drug-likeness (QED) is 0.859. The Labute approximate surface area is 111 Å². The molecule has 0 bridgehead atoms. The molecule has 0 N–H and O–H groups in total. The van der Waals surface area contributed by atoms with E-state index >= 15 is 0 Å². The van der Waals surface area contributed by atoms with E-state index in [4.69, 9.17) is 4.74 Å². The Kier molecular flexibility index (Phi) is 4.57. The van der Waals surface area contributed by atoms with Crippen LogP contribution in [0.4, 0.5) is 0 Å². The Morgan fingerprint density at radius 2 is 1.76 bits per heavy atom. The molecule has 0 aromatic heterocycles. The molecule has 17 heavy (non-hydrogen) atoms. The molecule has 1 atom stereocenters. The lowest BCUT2D eigenvalue weighted by Gasteiger charge is -2.19.